The SMILES string of the molecule is [O-]N1C=CN([O-])O1. The van der Waals surface area contributed by atoms with Crippen LogP contribution < -0.4 is 0 Å². The third-order valence-corrected chi connectivity index (χ3v) is 0.471. The Morgan fingerprint density at radius 1 is 1.14 bits per heavy atom. The number of nitrogens with zero attached hydrogens (tertiary/aromatic N) is 2. The molecule has 5 nitrogen and oxygen atoms in total. The van der Waals surface area contributed by atoms with Gasteiger partial charge in [-0.25, -0.2) is 0 Å². The van der Waals surface area contributed by atoms with E-state index in [-0.39, 0.29) is 10.5 Å². The number of hydroxylamine groups is 4. The molecule has 0 aliphatic carbocycles. The molecule has 0 N–H and O–H groups in total. The van der Waals surface area contributed by atoms with Crippen molar-refractivity contribution in [2.24, 2.45) is 0 Å². The van der Waals surface area contributed by atoms with E-state index in [4.69, 9.17) is 0 Å². The van der Waals surface area contributed by atoms with Crippen LogP contribution in [0, 0.1) is 10.4 Å². The fourth-order valence-electron chi connectivity index (χ4n) is 0.243. The lowest BCUT2D eigenvalue weighted by Gasteiger charge is -2.25. The first-order valence-corrected chi connectivity index (χ1v) is 1.58. The van der Waals surface area contributed by atoms with Crippen molar-refractivity contribution >= 4 is 0 Å². The predicted molar refractivity (Wildman–Crippen MR) is 20.6 cm³/mol. The average molecular weight is 102 g/mol. The highest BCUT2D eigenvalue weighted by molar-refractivity contribution is 4.80. The van der Waals surface area contributed by atoms with Gasteiger partial charge in [0.15, 0.2) is 0 Å². The Balaban J connectivity index is 2.42. The van der Waals surface area contributed by atoms with Gasteiger partial charge in [0.05, 0.1) is 0 Å². The second kappa shape index (κ2) is 1.38. The lowest BCUT2D eigenvalue weighted by Crippen LogP contribution is -2.10. The van der Waals surface area contributed by atoms with Crippen LogP contribution in [0.2, 0.25) is 0 Å². The van der Waals surface area contributed by atoms with E-state index in [1.807, 2.05) is 0 Å². The van der Waals surface area contributed by atoms with Crippen molar-refractivity contribution in [1.29, 1.82) is 0 Å². The van der Waals surface area contributed by atoms with Gasteiger partial charge in [-0.1, -0.05) is 0 Å². The molecule has 0 spiro atoms. The van der Waals surface area contributed by atoms with Gasteiger partial charge in [0.1, 0.15) is 0 Å². The first kappa shape index (κ1) is 4.38. The number of hydrogen-bond donors (Lipinski definition) is 0. The lowest BCUT2D eigenvalue weighted by atomic mass is 11.0. The van der Waals surface area contributed by atoms with E-state index in [0.29, 0.717) is 0 Å². The van der Waals surface area contributed by atoms with Crippen molar-refractivity contribution in [3.8, 4) is 0 Å². The third kappa shape index (κ3) is 0.801. The highest BCUT2D eigenvalue weighted by atomic mass is 17.1. The maximum atomic E-state index is 9.82. The molecule has 1 aliphatic heterocycles. The molecule has 0 fully saturated rings. The molecule has 0 aromatic heterocycles. The summed E-state index contributed by atoms with van der Waals surface area (Å²) in [5, 5.41) is 19.8. The fourth-order valence-corrected chi connectivity index (χ4v) is 0.243. The Hall–Kier alpha value is -0.780. The van der Waals surface area contributed by atoms with E-state index in [9.17, 15) is 10.4 Å². The van der Waals surface area contributed by atoms with Gasteiger partial charge in [0.25, 0.3) is 0 Å². The van der Waals surface area contributed by atoms with Crippen LogP contribution in [0.1, 0.15) is 0 Å². The van der Waals surface area contributed by atoms with E-state index >= 15 is 0 Å². The second-order valence-corrected chi connectivity index (χ2v) is 0.951. The van der Waals surface area contributed by atoms with Gasteiger partial charge < -0.3 is 10.4 Å². The first-order valence-electron chi connectivity index (χ1n) is 1.58. The van der Waals surface area contributed by atoms with Gasteiger partial charge in [0, 0.05) is 12.4 Å². The van der Waals surface area contributed by atoms with Crippen LogP contribution >= 0.6 is 0 Å². The normalized spacial score (nSPS) is 19.1. The molecule has 1 heterocycles. The minimum Gasteiger partial charge on any atom is -0.732 e. The Labute approximate surface area is 39.4 Å². The molecule has 40 valence electrons. The first-order chi connectivity index (χ1) is 3.29. The predicted octanol–water partition coefficient (Wildman–Crippen LogP) is -0.0826. The highest BCUT2D eigenvalue weighted by Gasteiger charge is 1.91. The molecule has 0 unspecified atom stereocenters. The van der Waals surface area contributed by atoms with Crippen molar-refractivity contribution in [3.63, 3.8) is 0 Å². The van der Waals surface area contributed by atoms with Crippen molar-refractivity contribution in [3.05, 3.63) is 22.8 Å². The largest absolute Gasteiger partial charge is 0.732 e. The van der Waals surface area contributed by atoms with Crippen LogP contribution in [0.5, 0.6) is 0 Å². The minimum absolute atomic E-state index is 0.0625. The number of hydrogen-bond acceptors (Lipinski definition) is 5. The standard InChI is InChI=1S/C2H2N2O3/c5-3-1-2-4(6)7-3/h1-2H/q-2. The van der Waals surface area contributed by atoms with Crippen molar-refractivity contribution < 1.29 is 4.94 Å². The maximum absolute atomic E-state index is 9.82. The van der Waals surface area contributed by atoms with Crippen LogP contribution in [0.4, 0.5) is 0 Å². The maximum Gasteiger partial charge on any atom is 0.0348 e. The molecule has 1 rings (SSSR count). The van der Waals surface area contributed by atoms with Crippen molar-refractivity contribution in [2.45, 2.75) is 0 Å². The number of rotatable bonds is 0. The smallest absolute Gasteiger partial charge is 0.0348 e. The van der Waals surface area contributed by atoms with Gasteiger partial charge in [-0.3, -0.25) is 10.5 Å². The molecule has 7 heavy (non-hydrogen) atoms. The molecule has 0 aromatic rings. The molecule has 0 saturated heterocycles. The Kier molecular flexibility index (Phi) is 0.861. The summed E-state index contributed by atoms with van der Waals surface area (Å²) in [7, 11) is 0. The van der Waals surface area contributed by atoms with E-state index < -0.39 is 0 Å². The monoisotopic (exact) mass is 102 g/mol. The lowest BCUT2D eigenvalue weighted by molar-refractivity contribution is -0.209. The van der Waals surface area contributed by atoms with E-state index in [1.165, 1.54) is 0 Å². The quantitative estimate of drug-likeness (QED) is 0.428. The zero-order valence-corrected chi connectivity index (χ0v) is 3.27. The van der Waals surface area contributed by atoms with E-state index in [0.717, 1.165) is 12.4 Å². The molecule has 1 aliphatic rings. The van der Waals surface area contributed by atoms with Gasteiger partial charge in [0.2, 0.25) is 0 Å². The van der Waals surface area contributed by atoms with E-state index in [2.05, 4.69) is 4.94 Å². The van der Waals surface area contributed by atoms with Crippen molar-refractivity contribution in [1.82, 2.24) is 10.5 Å². The van der Waals surface area contributed by atoms with Crippen LogP contribution in [-0.2, 0) is 4.94 Å². The third-order valence-electron chi connectivity index (χ3n) is 0.471. The highest BCUT2D eigenvalue weighted by Crippen LogP contribution is 2.02. The summed E-state index contributed by atoms with van der Waals surface area (Å²) in [5.74, 6) is 0. The Morgan fingerprint density at radius 2 is 1.57 bits per heavy atom. The average Bonchev–Trinajstić information content (AvgIpc) is 1.87. The summed E-state index contributed by atoms with van der Waals surface area (Å²) in [6.07, 6.45) is 1.93. The van der Waals surface area contributed by atoms with Gasteiger partial charge in [-0.15, -0.1) is 0 Å². The summed E-state index contributed by atoms with van der Waals surface area (Å²) in [4.78, 5) is 3.81. The van der Waals surface area contributed by atoms with Gasteiger partial charge in [-0.2, -0.15) is 4.94 Å². The molecule has 0 radical (unpaired) electrons. The van der Waals surface area contributed by atoms with Gasteiger partial charge in [-0.05, 0) is 0 Å². The summed E-state index contributed by atoms with van der Waals surface area (Å²) in [5.41, 5.74) is 0. The molecule has 0 amide bonds. The summed E-state index contributed by atoms with van der Waals surface area (Å²) in [6, 6.07) is 0. The zero-order valence-electron chi connectivity index (χ0n) is 3.27. The topological polar surface area (TPSA) is 61.8 Å². The van der Waals surface area contributed by atoms with Gasteiger partial charge >= 0.3 is 0 Å². The Morgan fingerprint density at radius 3 is 1.71 bits per heavy atom. The minimum atomic E-state index is 0.0625. The van der Waals surface area contributed by atoms with Crippen LogP contribution in [-0.4, -0.2) is 10.5 Å². The van der Waals surface area contributed by atoms with Crippen LogP contribution in [0.15, 0.2) is 12.4 Å². The molecule has 0 bridgehead atoms. The fraction of sp³-hybridized carbons (Fsp3) is 0. The molecular formula is C2H2N2O3-2. The molecular weight excluding hydrogens is 100 g/mol. The molecule has 5 heteroatoms. The van der Waals surface area contributed by atoms with Crippen LogP contribution in [0.3, 0.4) is 0 Å². The Bertz CT molecular complexity index is 82.9. The van der Waals surface area contributed by atoms with E-state index in [1.54, 1.807) is 0 Å². The second-order valence-electron chi connectivity index (χ2n) is 0.951. The summed E-state index contributed by atoms with van der Waals surface area (Å²) in [6.45, 7) is 0. The summed E-state index contributed by atoms with van der Waals surface area (Å²) >= 11 is 0. The van der Waals surface area contributed by atoms with Crippen molar-refractivity contribution in [2.75, 3.05) is 0 Å². The van der Waals surface area contributed by atoms with Crippen LogP contribution in [0.25, 0.3) is 0 Å². The zero-order chi connectivity index (χ0) is 5.28. The molecule has 0 saturated carbocycles. The molecule has 0 atom stereocenters. The molecule has 0 aromatic carbocycles. The summed E-state index contributed by atoms with van der Waals surface area (Å²) < 4.78 is 0.